The highest BCUT2D eigenvalue weighted by Gasteiger charge is 2.27. The van der Waals surface area contributed by atoms with Crippen LogP contribution in [-0.2, 0) is 27.7 Å². The largest absolute Gasteiger partial charge is 0.326 e. The molecule has 0 saturated carbocycles. The van der Waals surface area contributed by atoms with E-state index < -0.39 is 10.0 Å². The average Bonchev–Trinajstić information content (AvgIpc) is 3.12. The molecule has 5 nitrogen and oxygen atoms in total. The normalized spacial score (nSPS) is 15.7. The lowest BCUT2D eigenvalue weighted by molar-refractivity contribution is -0.115. The number of nitrogens with zero attached hydrogens (tertiary/aromatic N) is 1. The first-order valence-corrected chi connectivity index (χ1v) is 11.2. The summed E-state index contributed by atoms with van der Waals surface area (Å²) in [6.07, 6.45) is 4.04. The van der Waals surface area contributed by atoms with Gasteiger partial charge < -0.3 is 5.32 Å². The van der Waals surface area contributed by atoms with Crippen LogP contribution in [0.25, 0.3) is 0 Å². The smallest absolute Gasteiger partial charge is 0.252 e. The van der Waals surface area contributed by atoms with Gasteiger partial charge in [-0.15, -0.1) is 11.3 Å². The predicted molar refractivity (Wildman–Crippen MR) is 105 cm³/mol. The van der Waals surface area contributed by atoms with E-state index >= 15 is 0 Å². The number of carbonyl (C=O) groups excluding carboxylic acids is 1. The Morgan fingerprint density at radius 2 is 1.77 bits per heavy atom. The minimum Gasteiger partial charge on any atom is -0.326 e. The third kappa shape index (κ3) is 4.52. The van der Waals surface area contributed by atoms with Crippen molar-refractivity contribution in [3.8, 4) is 0 Å². The second kappa shape index (κ2) is 8.33. The fraction of sp³-hybridized carbons (Fsp3) is 0.421. The molecule has 1 aromatic carbocycles. The number of nitrogens with one attached hydrogen (secondary N) is 1. The number of hydrogen-bond acceptors (Lipinski definition) is 4. The van der Waals surface area contributed by atoms with Gasteiger partial charge in [0.05, 0.1) is 6.42 Å². The lowest BCUT2D eigenvalue weighted by atomic mass is 10.1. The Bertz CT molecular complexity index is 851. The van der Waals surface area contributed by atoms with Crippen LogP contribution < -0.4 is 5.32 Å². The van der Waals surface area contributed by atoms with Gasteiger partial charge in [0, 0.05) is 23.7 Å². The highest BCUT2D eigenvalue weighted by atomic mass is 32.2. The minimum absolute atomic E-state index is 0.141. The maximum absolute atomic E-state index is 12.7. The molecule has 2 heterocycles. The predicted octanol–water partition coefficient (Wildman–Crippen LogP) is 3.67. The lowest BCUT2D eigenvalue weighted by Crippen LogP contribution is -2.35. The van der Waals surface area contributed by atoms with E-state index in [2.05, 4.69) is 12.2 Å². The van der Waals surface area contributed by atoms with Crippen LogP contribution in [-0.4, -0.2) is 31.7 Å². The van der Waals surface area contributed by atoms with Gasteiger partial charge in [-0.25, -0.2) is 8.42 Å². The van der Waals surface area contributed by atoms with Gasteiger partial charge in [-0.2, -0.15) is 4.31 Å². The summed E-state index contributed by atoms with van der Waals surface area (Å²) in [6, 6.07) is 11.1. The van der Waals surface area contributed by atoms with E-state index in [-0.39, 0.29) is 12.3 Å². The first-order chi connectivity index (χ1) is 12.5. The highest BCUT2D eigenvalue weighted by Crippen LogP contribution is 2.27. The Labute approximate surface area is 159 Å². The molecule has 0 bridgehead atoms. The number of sulfonamides is 1. The fourth-order valence-corrected chi connectivity index (χ4v) is 6.04. The molecule has 1 amide bonds. The Hall–Kier alpha value is -1.70. The lowest BCUT2D eigenvalue weighted by Gasteiger charge is -2.25. The maximum atomic E-state index is 12.7. The molecule has 140 valence electrons. The van der Waals surface area contributed by atoms with Crippen LogP contribution in [0.15, 0.2) is 40.6 Å². The average molecular weight is 393 g/mol. The van der Waals surface area contributed by atoms with Crippen LogP contribution in [0.3, 0.4) is 0 Å². The molecular weight excluding hydrogens is 368 g/mol. The summed E-state index contributed by atoms with van der Waals surface area (Å²) in [4.78, 5) is 13.0. The summed E-state index contributed by atoms with van der Waals surface area (Å²) in [7, 11) is -3.42. The van der Waals surface area contributed by atoms with Crippen molar-refractivity contribution >= 4 is 33.0 Å². The number of thiophene rings is 1. The summed E-state index contributed by atoms with van der Waals surface area (Å²) in [5.74, 6) is -0.141. The molecule has 7 heteroatoms. The standard InChI is InChI=1S/C19H24N2O3S2/c1-2-15-6-8-16(9-7-15)20-18(22)14-17-10-11-19(25-17)26(23,24)21-12-4-3-5-13-21/h6-11H,2-5,12-14H2,1H3,(H,20,22). The van der Waals surface area contributed by atoms with Crippen molar-refractivity contribution < 1.29 is 13.2 Å². The van der Waals surface area contributed by atoms with E-state index in [0.29, 0.717) is 17.3 Å². The van der Waals surface area contributed by atoms with Crippen molar-refractivity contribution in [2.45, 2.75) is 43.2 Å². The summed E-state index contributed by atoms with van der Waals surface area (Å²) >= 11 is 1.19. The number of anilines is 1. The molecular formula is C19H24N2O3S2. The van der Waals surface area contributed by atoms with Gasteiger partial charge in [0.1, 0.15) is 4.21 Å². The number of benzene rings is 1. The van der Waals surface area contributed by atoms with Crippen LogP contribution in [0.1, 0.15) is 36.6 Å². The molecule has 3 rings (SSSR count). The van der Waals surface area contributed by atoms with Crippen LogP contribution in [0.4, 0.5) is 5.69 Å². The first-order valence-electron chi connectivity index (χ1n) is 8.96. The van der Waals surface area contributed by atoms with Gasteiger partial charge in [0.25, 0.3) is 10.0 Å². The molecule has 0 atom stereocenters. The second-order valence-electron chi connectivity index (χ2n) is 6.46. The van der Waals surface area contributed by atoms with E-state index in [1.165, 1.54) is 16.9 Å². The Morgan fingerprint density at radius 1 is 1.08 bits per heavy atom. The van der Waals surface area contributed by atoms with E-state index in [9.17, 15) is 13.2 Å². The van der Waals surface area contributed by atoms with Crippen molar-refractivity contribution in [2.24, 2.45) is 0 Å². The molecule has 1 saturated heterocycles. The topological polar surface area (TPSA) is 66.5 Å². The molecule has 26 heavy (non-hydrogen) atoms. The zero-order valence-corrected chi connectivity index (χ0v) is 16.5. The van der Waals surface area contributed by atoms with Crippen LogP contribution >= 0.6 is 11.3 Å². The zero-order valence-electron chi connectivity index (χ0n) is 14.9. The van der Waals surface area contributed by atoms with Gasteiger partial charge >= 0.3 is 0 Å². The van der Waals surface area contributed by atoms with Crippen molar-refractivity contribution in [1.82, 2.24) is 4.31 Å². The number of amides is 1. The van der Waals surface area contributed by atoms with E-state index in [1.807, 2.05) is 24.3 Å². The van der Waals surface area contributed by atoms with Gasteiger partial charge in [0.15, 0.2) is 0 Å². The number of aryl methyl sites for hydroxylation is 1. The third-order valence-corrected chi connectivity index (χ3v) is 7.98. The van der Waals surface area contributed by atoms with Crippen LogP contribution in [0, 0.1) is 0 Å². The van der Waals surface area contributed by atoms with E-state index in [4.69, 9.17) is 0 Å². The molecule has 1 aliphatic rings. The number of piperidine rings is 1. The Balaban J connectivity index is 1.62. The van der Waals surface area contributed by atoms with Crippen molar-refractivity contribution in [3.63, 3.8) is 0 Å². The number of hydrogen-bond donors (Lipinski definition) is 1. The minimum atomic E-state index is -3.42. The van der Waals surface area contributed by atoms with Gasteiger partial charge in [-0.05, 0) is 49.1 Å². The molecule has 2 aromatic rings. The number of carbonyl (C=O) groups is 1. The molecule has 0 spiro atoms. The summed E-state index contributed by atoms with van der Waals surface area (Å²) in [5.41, 5.74) is 1.97. The molecule has 1 aromatic heterocycles. The fourth-order valence-electron chi connectivity index (χ4n) is 3.01. The Kier molecular flexibility index (Phi) is 6.11. The third-order valence-electron chi connectivity index (χ3n) is 4.53. The molecule has 0 radical (unpaired) electrons. The van der Waals surface area contributed by atoms with Gasteiger partial charge in [0.2, 0.25) is 5.91 Å². The number of rotatable bonds is 6. The van der Waals surface area contributed by atoms with Gasteiger partial charge in [-0.1, -0.05) is 25.5 Å². The summed E-state index contributed by atoms with van der Waals surface area (Å²) < 4.78 is 27.2. The molecule has 0 aliphatic carbocycles. The monoisotopic (exact) mass is 392 g/mol. The van der Waals surface area contributed by atoms with E-state index in [1.54, 1.807) is 16.4 Å². The van der Waals surface area contributed by atoms with Crippen molar-refractivity contribution in [2.75, 3.05) is 18.4 Å². The summed E-state index contributed by atoms with van der Waals surface area (Å²) in [5, 5.41) is 2.86. The second-order valence-corrected chi connectivity index (χ2v) is 9.79. The Morgan fingerprint density at radius 3 is 2.42 bits per heavy atom. The molecule has 1 aliphatic heterocycles. The highest BCUT2D eigenvalue weighted by molar-refractivity contribution is 7.91. The summed E-state index contributed by atoms with van der Waals surface area (Å²) in [6.45, 7) is 3.26. The first kappa shape index (κ1) is 19.1. The molecule has 0 unspecified atom stereocenters. The van der Waals surface area contributed by atoms with Crippen molar-refractivity contribution in [3.05, 3.63) is 46.8 Å². The maximum Gasteiger partial charge on any atom is 0.252 e. The van der Waals surface area contributed by atoms with Crippen LogP contribution in [0.5, 0.6) is 0 Å². The van der Waals surface area contributed by atoms with Crippen LogP contribution in [0.2, 0.25) is 0 Å². The van der Waals surface area contributed by atoms with Gasteiger partial charge in [-0.3, -0.25) is 4.79 Å². The quantitative estimate of drug-likeness (QED) is 0.816. The SMILES string of the molecule is CCc1ccc(NC(=O)Cc2ccc(S(=O)(=O)N3CCCCC3)s2)cc1. The van der Waals surface area contributed by atoms with E-state index in [0.717, 1.165) is 36.2 Å². The van der Waals surface area contributed by atoms with Crippen molar-refractivity contribution in [1.29, 1.82) is 0 Å². The molecule has 1 fully saturated rings. The molecule has 1 N–H and O–H groups in total. The zero-order chi connectivity index (χ0) is 18.6.